The van der Waals surface area contributed by atoms with Gasteiger partial charge in [0.2, 0.25) is 5.91 Å². The second kappa shape index (κ2) is 5.20. The summed E-state index contributed by atoms with van der Waals surface area (Å²) in [6.45, 7) is 4.55. The Labute approximate surface area is 142 Å². The van der Waals surface area contributed by atoms with Crippen molar-refractivity contribution in [2.24, 2.45) is 0 Å². The van der Waals surface area contributed by atoms with E-state index in [4.69, 9.17) is 0 Å². The van der Waals surface area contributed by atoms with Crippen molar-refractivity contribution < 1.29 is 4.79 Å². The number of carbonyl (C=O) groups excluding carboxylic acids is 1. The fourth-order valence-electron chi connectivity index (χ4n) is 4.64. The fraction of sp³-hybridized carbons (Fsp3) is 0.450. The molecule has 1 saturated heterocycles. The van der Waals surface area contributed by atoms with E-state index in [1.165, 1.54) is 27.1 Å². The molecule has 0 unspecified atom stereocenters. The Balaban J connectivity index is 1.78. The van der Waals surface area contributed by atoms with Gasteiger partial charge < -0.3 is 4.90 Å². The number of fused-ring (bicyclic) bond motifs is 3. The van der Waals surface area contributed by atoms with E-state index in [1.54, 1.807) is 0 Å². The number of piperidine rings is 1. The minimum Gasteiger partial charge on any atom is -0.342 e. The van der Waals surface area contributed by atoms with Gasteiger partial charge in [-0.2, -0.15) is 0 Å². The highest BCUT2D eigenvalue weighted by Crippen LogP contribution is 2.46. The number of aryl methyl sites for hydroxylation is 2. The summed E-state index contributed by atoms with van der Waals surface area (Å²) in [5, 5.41) is 2.17. The van der Waals surface area contributed by atoms with Crippen LogP contribution >= 0.6 is 11.3 Å². The minimum atomic E-state index is 0.110. The first-order valence-corrected chi connectivity index (χ1v) is 9.32. The molecule has 2 aliphatic rings. The molecule has 2 atom stereocenters. The lowest BCUT2D eigenvalue weighted by Crippen LogP contribution is -2.56. The molecular formula is C20H23NOS. The molecule has 3 heteroatoms. The van der Waals surface area contributed by atoms with Crippen molar-refractivity contribution in [2.45, 2.75) is 51.0 Å². The van der Waals surface area contributed by atoms with Gasteiger partial charge in [0.1, 0.15) is 0 Å². The van der Waals surface area contributed by atoms with Crippen LogP contribution in [0.15, 0.2) is 29.6 Å². The van der Waals surface area contributed by atoms with Crippen molar-refractivity contribution in [3.05, 3.63) is 45.6 Å². The first-order chi connectivity index (χ1) is 11.0. The Hall–Kier alpha value is -1.61. The van der Waals surface area contributed by atoms with E-state index in [-0.39, 0.29) is 5.41 Å². The molecule has 1 aliphatic carbocycles. The van der Waals surface area contributed by atoms with Crippen LogP contribution in [0.1, 0.15) is 42.2 Å². The molecule has 1 aliphatic heterocycles. The number of rotatable bonds is 1. The smallest absolute Gasteiger partial charge is 0.222 e. The largest absolute Gasteiger partial charge is 0.342 e. The van der Waals surface area contributed by atoms with E-state index in [0.29, 0.717) is 18.4 Å². The quantitative estimate of drug-likeness (QED) is 0.753. The molecule has 23 heavy (non-hydrogen) atoms. The van der Waals surface area contributed by atoms with Gasteiger partial charge in [-0.05, 0) is 59.9 Å². The van der Waals surface area contributed by atoms with Crippen LogP contribution in [0.5, 0.6) is 0 Å². The lowest BCUT2D eigenvalue weighted by atomic mass is 9.63. The number of carbonyl (C=O) groups is 1. The topological polar surface area (TPSA) is 20.3 Å². The van der Waals surface area contributed by atoms with Gasteiger partial charge in [-0.3, -0.25) is 4.79 Å². The molecule has 2 heterocycles. The van der Waals surface area contributed by atoms with Crippen LogP contribution in [0, 0.1) is 6.92 Å². The number of hydrogen-bond acceptors (Lipinski definition) is 2. The van der Waals surface area contributed by atoms with E-state index >= 15 is 0 Å². The summed E-state index contributed by atoms with van der Waals surface area (Å²) in [6.07, 6.45) is 3.81. The Kier molecular flexibility index (Phi) is 3.38. The normalized spacial score (nSPS) is 26.8. The molecule has 2 nitrogen and oxygen atoms in total. The third-order valence-electron chi connectivity index (χ3n) is 6.03. The van der Waals surface area contributed by atoms with E-state index in [0.717, 1.165) is 19.3 Å². The van der Waals surface area contributed by atoms with Gasteiger partial charge in [0, 0.05) is 29.8 Å². The summed E-state index contributed by atoms with van der Waals surface area (Å²) < 4.78 is 0. The maximum absolute atomic E-state index is 12.1. The summed E-state index contributed by atoms with van der Waals surface area (Å²) in [7, 11) is 1.98. The highest BCUT2D eigenvalue weighted by molar-refractivity contribution is 7.10. The number of hydrogen-bond donors (Lipinski definition) is 0. The second-order valence-corrected chi connectivity index (χ2v) is 8.36. The lowest BCUT2D eigenvalue weighted by molar-refractivity contribution is -0.138. The van der Waals surface area contributed by atoms with E-state index in [9.17, 15) is 4.79 Å². The first-order valence-electron chi connectivity index (χ1n) is 8.44. The average Bonchev–Trinajstić information content (AvgIpc) is 2.97. The third kappa shape index (κ3) is 2.17. The molecule has 4 rings (SSSR count). The predicted octanol–water partition coefficient (Wildman–Crippen LogP) is 4.55. The maximum atomic E-state index is 12.1. The molecule has 0 spiro atoms. The Morgan fingerprint density at radius 3 is 2.83 bits per heavy atom. The minimum absolute atomic E-state index is 0.110. The molecule has 2 aromatic rings. The van der Waals surface area contributed by atoms with Crippen LogP contribution in [-0.2, 0) is 16.6 Å². The lowest BCUT2D eigenvalue weighted by Gasteiger charge is -2.50. The number of thiophene rings is 1. The maximum Gasteiger partial charge on any atom is 0.222 e. The zero-order chi connectivity index (χ0) is 16.2. The standard InChI is InChI=1S/C20H23NOS/c1-13-16(9-11-23-13)14-4-6-17-15(12-14)5-7-18-20(17,2)10-8-19(22)21(18)3/h4,6,9,11-12,18H,5,7-8,10H2,1-3H3/t18-,20-/m1/s1. The Morgan fingerprint density at radius 2 is 2.09 bits per heavy atom. The van der Waals surface area contributed by atoms with Crippen LogP contribution in [0.4, 0.5) is 0 Å². The van der Waals surface area contributed by atoms with Gasteiger partial charge in [0.25, 0.3) is 0 Å². The van der Waals surface area contributed by atoms with Gasteiger partial charge in [0.15, 0.2) is 0 Å². The predicted molar refractivity (Wildman–Crippen MR) is 96.0 cm³/mol. The SMILES string of the molecule is Cc1sccc1-c1ccc2c(c1)CC[C@H]1N(C)C(=O)CC[C@]21C. The molecular weight excluding hydrogens is 302 g/mol. The van der Waals surface area contributed by atoms with Crippen molar-refractivity contribution in [3.63, 3.8) is 0 Å². The summed E-state index contributed by atoms with van der Waals surface area (Å²) in [4.78, 5) is 15.5. The molecule has 1 aromatic heterocycles. The number of likely N-dealkylation sites (tertiary alicyclic amines) is 1. The molecule has 120 valence electrons. The van der Waals surface area contributed by atoms with E-state index in [2.05, 4.69) is 43.5 Å². The fourth-order valence-corrected chi connectivity index (χ4v) is 5.36. The molecule has 1 fully saturated rings. The van der Waals surface area contributed by atoms with Crippen molar-refractivity contribution in [3.8, 4) is 11.1 Å². The summed E-state index contributed by atoms with van der Waals surface area (Å²) in [5.41, 5.74) is 5.75. The highest BCUT2D eigenvalue weighted by atomic mass is 32.1. The summed E-state index contributed by atoms with van der Waals surface area (Å²) in [6, 6.07) is 9.57. The highest BCUT2D eigenvalue weighted by Gasteiger charge is 2.46. The molecule has 0 bridgehead atoms. The number of likely N-dealkylation sites (N-methyl/N-ethyl adjacent to an activating group) is 1. The van der Waals surface area contributed by atoms with E-state index in [1.807, 2.05) is 23.3 Å². The van der Waals surface area contributed by atoms with Crippen molar-refractivity contribution in [1.29, 1.82) is 0 Å². The van der Waals surface area contributed by atoms with Gasteiger partial charge in [0.05, 0.1) is 0 Å². The molecule has 0 radical (unpaired) electrons. The average molecular weight is 325 g/mol. The van der Waals surface area contributed by atoms with Crippen LogP contribution in [0.2, 0.25) is 0 Å². The summed E-state index contributed by atoms with van der Waals surface area (Å²) in [5.74, 6) is 0.307. The monoisotopic (exact) mass is 325 g/mol. The number of nitrogens with zero attached hydrogens (tertiary/aromatic N) is 1. The van der Waals surface area contributed by atoms with Crippen LogP contribution < -0.4 is 0 Å². The van der Waals surface area contributed by atoms with Crippen molar-refractivity contribution in [1.82, 2.24) is 4.90 Å². The van der Waals surface area contributed by atoms with Gasteiger partial charge >= 0.3 is 0 Å². The number of amides is 1. The second-order valence-electron chi connectivity index (χ2n) is 7.24. The van der Waals surface area contributed by atoms with E-state index < -0.39 is 0 Å². The Morgan fingerprint density at radius 1 is 1.26 bits per heavy atom. The molecule has 0 saturated carbocycles. The van der Waals surface area contributed by atoms with Crippen molar-refractivity contribution >= 4 is 17.2 Å². The van der Waals surface area contributed by atoms with Crippen LogP contribution in [0.25, 0.3) is 11.1 Å². The Bertz CT molecular complexity index is 778. The third-order valence-corrected chi connectivity index (χ3v) is 6.88. The number of benzene rings is 1. The van der Waals surface area contributed by atoms with Crippen LogP contribution in [0.3, 0.4) is 0 Å². The van der Waals surface area contributed by atoms with Gasteiger partial charge in [-0.25, -0.2) is 0 Å². The van der Waals surface area contributed by atoms with Crippen molar-refractivity contribution in [2.75, 3.05) is 7.05 Å². The van der Waals surface area contributed by atoms with Gasteiger partial charge in [-0.1, -0.05) is 25.1 Å². The molecule has 1 amide bonds. The summed E-state index contributed by atoms with van der Waals surface area (Å²) >= 11 is 1.81. The molecule has 1 aromatic carbocycles. The zero-order valence-electron chi connectivity index (χ0n) is 14.1. The van der Waals surface area contributed by atoms with Gasteiger partial charge in [-0.15, -0.1) is 11.3 Å². The van der Waals surface area contributed by atoms with Crippen LogP contribution in [-0.4, -0.2) is 23.9 Å². The first kappa shape index (κ1) is 14.9. The zero-order valence-corrected chi connectivity index (χ0v) is 14.9. The molecule has 0 N–H and O–H groups in total.